The Morgan fingerprint density at radius 1 is 1.25 bits per heavy atom. The Morgan fingerprint density at radius 3 is 2.44 bits per heavy atom. The zero-order valence-electron chi connectivity index (χ0n) is 11.3. The smallest absolute Gasteiger partial charge is 0.254 e. The van der Waals surface area contributed by atoms with E-state index in [1.165, 1.54) is 32.1 Å². The lowest BCUT2D eigenvalue weighted by Crippen LogP contribution is -2.38. The molecule has 16 heavy (non-hydrogen) atoms. The van der Waals surface area contributed by atoms with Crippen LogP contribution in [0.4, 0.5) is 0 Å². The van der Waals surface area contributed by atoms with Gasteiger partial charge in [-0.1, -0.05) is 26.2 Å². The molecule has 0 N–H and O–H groups in total. The summed E-state index contributed by atoms with van der Waals surface area (Å²) in [7, 11) is 0. The van der Waals surface area contributed by atoms with Gasteiger partial charge in [0.15, 0.2) is 11.2 Å². The van der Waals surface area contributed by atoms with Crippen LogP contribution in [0, 0.1) is 0 Å². The fraction of sp³-hybridized carbons (Fsp3) is 1.00. The third kappa shape index (κ3) is 4.64. The van der Waals surface area contributed by atoms with E-state index in [1.54, 1.807) is 0 Å². The van der Waals surface area contributed by atoms with Crippen LogP contribution in [-0.4, -0.2) is 23.9 Å². The van der Waals surface area contributed by atoms with Crippen molar-refractivity contribution < 1.29 is 8.92 Å². The Bertz CT molecular complexity index is 188. The molecule has 0 aromatic carbocycles. The van der Waals surface area contributed by atoms with Crippen LogP contribution in [0.1, 0.15) is 59.3 Å². The first-order valence-corrected chi connectivity index (χ1v) is 8.09. The van der Waals surface area contributed by atoms with Crippen LogP contribution < -0.4 is 0 Å². The minimum absolute atomic E-state index is 0.0959. The summed E-state index contributed by atoms with van der Waals surface area (Å²) >= 11 is -0.0959. The van der Waals surface area contributed by atoms with Crippen LogP contribution in [0.15, 0.2) is 0 Å². The Hall–Kier alpha value is 0.270. The Balaban J connectivity index is 2.28. The zero-order valence-corrected chi connectivity index (χ0v) is 12.1. The largest absolute Gasteiger partial charge is 0.329 e. The molecule has 0 aromatic rings. The minimum Gasteiger partial charge on any atom is -0.329 e. The van der Waals surface area contributed by atoms with Crippen LogP contribution in [-0.2, 0) is 20.1 Å². The van der Waals surface area contributed by atoms with Crippen LogP contribution in [0.5, 0.6) is 0 Å². The molecule has 2 nitrogen and oxygen atoms in total. The first kappa shape index (κ1) is 14.3. The normalized spacial score (nSPS) is 20.2. The highest BCUT2D eigenvalue weighted by molar-refractivity contribution is 7.92. The minimum atomic E-state index is -0.127. The van der Waals surface area contributed by atoms with E-state index in [4.69, 9.17) is 8.92 Å². The molecule has 96 valence electrons. The molecule has 3 heteroatoms. The lowest BCUT2D eigenvalue weighted by Gasteiger charge is -2.23. The lowest BCUT2D eigenvalue weighted by molar-refractivity contribution is 0.0379. The van der Waals surface area contributed by atoms with Crippen molar-refractivity contribution in [2.24, 2.45) is 0 Å². The van der Waals surface area contributed by atoms with Crippen molar-refractivity contribution in [1.82, 2.24) is 0 Å². The van der Waals surface area contributed by atoms with Crippen molar-refractivity contribution in [3.05, 3.63) is 0 Å². The van der Waals surface area contributed by atoms with Crippen molar-refractivity contribution in [3.63, 3.8) is 0 Å². The lowest BCUT2D eigenvalue weighted by atomic mass is 10.3. The van der Waals surface area contributed by atoms with Crippen molar-refractivity contribution in [1.29, 1.82) is 0 Å². The standard InChI is InChI=1S/C13H27O2S/c1-5-6-11-14-13(2,3)16(4)15-12-9-7-8-10-12/h12H,5-11H2,1-4H3/q+1. The van der Waals surface area contributed by atoms with Gasteiger partial charge in [-0.15, -0.1) is 0 Å². The Morgan fingerprint density at radius 2 is 1.88 bits per heavy atom. The second-order valence-electron chi connectivity index (χ2n) is 5.06. The maximum atomic E-state index is 6.11. The van der Waals surface area contributed by atoms with E-state index in [-0.39, 0.29) is 16.1 Å². The van der Waals surface area contributed by atoms with E-state index in [2.05, 4.69) is 27.0 Å². The molecule has 0 spiro atoms. The molecular weight excluding hydrogens is 220 g/mol. The third-order valence-corrected chi connectivity index (χ3v) is 5.29. The zero-order chi connectivity index (χ0) is 12.0. The first-order chi connectivity index (χ1) is 7.56. The molecule has 0 aromatic heterocycles. The van der Waals surface area contributed by atoms with Gasteiger partial charge in [-0.3, -0.25) is 0 Å². The summed E-state index contributed by atoms with van der Waals surface area (Å²) in [5.74, 6) is 0. The highest BCUT2D eigenvalue weighted by atomic mass is 32.2. The van der Waals surface area contributed by atoms with Gasteiger partial charge in [0.2, 0.25) is 0 Å². The predicted molar refractivity (Wildman–Crippen MR) is 71.6 cm³/mol. The van der Waals surface area contributed by atoms with Crippen molar-refractivity contribution in [2.45, 2.75) is 70.3 Å². The molecule has 0 aliphatic heterocycles. The van der Waals surface area contributed by atoms with E-state index in [1.807, 2.05) is 0 Å². The second kappa shape index (κ2) is 6.87. The van der Waals surface area contributed by atoms with Gasteiger partial charge >= 0.3 is 0 Å². The van der Waals surface area contributed by atoms with E-state index in [9.17, 15) is 0 Å². The van der Waals surface area contributed by atoms with Crippen LogP contribution in [0.2, 0.25) is 0 Å². The SMILES string of the molecule is CCCCOC(C)(C)[S+](C)OC1CCCC1. The average molecular weight is 247 g/mol. The van der Waals surface area contributed by atoms with Crippen LogP contribution >= 0.6 is 0 Å². The number of rotatable bonds is 7. The van der Waals surface area contributed by atoms with E-state index < -0.39 is 0 Å². The quantitative estimate of drug-likeness (QED) is 0.505. The van der Waals surface area contributed by atoms with Gasteiger partial charge < -0.3 is 4.74 Å². The monoisotopic (exact) mass is 247 g/mol. The Labute approximate surface area is 104 Å². The molecule has 1 aliphatic rings. The van der Waals surface area contributed by atoms with Crippen molar-refractivity contribution in [2.75, 3.05) is 12.9 Å². The fourth-order valence-corrected chi connectivity index (χ4v) is 2.93. The molecule has 1 aliphatic carbocycles. The second-order valence-corrected chi connectivity index (χ2v) is 7.14. The molecule has 0 heterocycles. The Kier molecular flexibility index (Phi) is 6.16. The molecule has 0 amide bonds. The van der Waals surface area contributed by atoms with Crippen molar-refractivity contribution in [3.8, 4) is 0 Å². The summed E-state index contributed by atoms with van der Waals surface area (Å²) in [6.45, 7) is 7.35. The molecule has 1 fully saturated rings. The van der Waals surface area contributed by atoms with Gasteiger partial charge in [0, 0.05) is 13.8 Å². The summed E-state index contributed by atoms with van der Waals surface area (Å²) in [6.07, 6.45) is 10.1. The maximum Gasteiger partial charge on any atom is 0.254 e. The average Bonchev–Trinajstić information content (AvgIpc) is 2.70. The summed E-state index contributed by atoms with van der Waals surface area (Å²) in [5.41, 5.74) is 0. The number of hydrogen-bond donors (Lipinski definition) is 0. The maximum absolute atomic E-state index is 6.11. The van der Waals surface area contributed by atoms with Crippen LogP contribution in [0.3, 0.4) is 0 Å². The van der Waals surface area contributed by atoms with Crippen LogP contribution in [0.25, 0.3) is 0 Å². The van der Waals surface area contributed by atoms with E-state index >= 15 is 0 Å². The van der Waals surface area contributed by atoms with Gasteiger partial charge in [-0.05, 0) is 19.3 Å². The fourth-order valence-electron chi connectivity index (χ4n) is 1.85. The van der Waals surface area contributed by atoms with Gasteiger partial charge in [-0.2, -0.15) is 4.18 Å². The molecule has 0 radical (unpaired) electrons. The summed E-state index contributed by atoms with van der Waals surface area (Å²) < 4.78 is 12.0. The summed E-state index contributed by atoms with van der Waals surface area (Å²) in [6, 6.07) is 0. The predicted octanol–water partition coefficient (Wildman–Crippen LogP) is 3.66. The molecule has 1 saturated carbocycles. The molecule has 1 unspecified atom stereocenters. The summed E-state index contributed by atoms with van der Waals surface area (Å²) in [5, 5.41) is 0. The number of unbranched alkanes of at least 4 members (excludes halogenated alkanes) is 1. The van der Waals surface area contributed by atoms with Gasteiger partial charge in [0.05, 0.1) is 6.61 Å². The highest BCUT2D eigenvalue weighted by Gasteiger charge is 2.41. The molecular formula is C13H27O2S+. The number of hydrogen-bond acceptors (Lipinski definition) is 2. The number of ether oxygens (including phenoxy) is 1. The molecule has 0 saturated heterocycles. The van der Waals surface area contributed by atoms with Crippen molar-refractivity contribution >= 4 is 11.2 Å². The van der Waals surface area contributed by atoms with Gasteiger partial charge in [0.25, 0.3) is 4.93 Å². The first-order valence-electron chi connectivity index (χ1n) is 6.53. The summed E-state index contributed by atoms with van der Waals surface area (Å²) in [4.78, 5) is -0.127. The van der Waals surface area contributed by atoms with E-state index in [0.29, 0.717) is 6.10 Å². The van der Waals surface area contributed by atoms with Gasteiger partial charge in [0.1, 0.15) is 12.4 Å². The third-order valence-electron chi connectivity index (χ3n) is 3.22. The van der Waals surface area contributed by atoms with Gasteiger partial charge in [-0.25, -0.2) is 0 Å². The molecule has 0 bridgehead atoms. The highest BCUT2D eigenvalue weighted by Crippen LogP contribution is 2.28. The molecule has 1 rings (SSSR count). The molecule has 1 atom stereocenters. The van der Waals surface area contributed by atoms with E-state index in [0.717, 1.165) is 13.0 Å². The topological polar surface area (TPSA) is 18.5 Å².